The molecular formula is C70H55N. The van der Waals surface area contributed by atoms with Crippen LogP contribution in [0.25, 0.3) is 55.6 Å². The van der Waals surface area contributed by atoms with Crippen LogP contribution in [0.2, 0.25) is 0 Å². The summed E-state index contributed by atoms with van der Waals surface area (Å²) in [6.07, 6.45) is 0. The van der Waals surface area contributed by atoms with E-state index in [4.69, 9.17) is 0 Å². The van der Waals surface area contributed by atoms with E-state index in [2.05, 4.69) is 271 Å². The van der Waals surface area contributed by atoms with Gasteiger partial charge in [0.1, 0.15) is 0 Å². The van der Waals surface area contributed by atoms with E-state index in [0.29, 0.717) is 0 Å². The Morgan fingerprint density at radius 2 is 0.690 bits per heavy atom. The van der Waals surface area contributed by atoms with Gasteiger partial charge in [-0.3, -0.25) is 0 Å². The summed E-state index contributed by atoms with van der Waals surface area (Å²) in [6.45, 7) is 14.6. The smallest absolute Gasteiger partial charge is 0.0714 e. The van der Waals surface area contributed by atoms with E-state index < -0.39 is 5.41 Å². The molecule has 1 nitrogen and oxygen atoms in total. The van der Waals surface area contributed by atoms with E-state index in [0.717, 1.165) is 11.4 Å². The maximum absolute atomic E-state index is 2.69. The van der Waals surface area contributed by atoms with Crippen LogP contribution in [-0.2, 0) is 21.7 Å². The largest absolute Gasteiger partial charge is 0.309 e. The number of fused-ring (bicyclic) bond motifs is 12. The average Bonchev–Trinajstić information content (AvgIpc) is 4.01. The molecule has 0 spiro atoms. The number of benzene rings is 10. The van der Waals surface area contributed by atoms with Gasteiger partial charge in [-0.15, -0.1) is 0 Å². The van der Waals surface area contributed by atoms with Crippen molar-refractivity contribution in [2.24, 2.45) is 0 Å². The maximum Gasteiger partial charge on any atom is 0.0714 e. The third-order valence-corrected chi connectivity index (χ3v) is 17.3. The van der Waals surface area contributed by atoms with Crippen LogP contribution in [0.15, 0.2) is 224 Å². The predicted octanol–water partition coefficient (Wildman–Crippen LogP) is 18.1. The molecule has 0 saturated heterocycles. The van der Waals surface area contributed by atoms with E-state index in [9.17, 15) is 0 Å². The predicted molar refractivity (Wildman–Crippen MR) is 297 cm³/mol. The van der Waals surface area contributed by atoms with Crippen molar-refractivity contribution in [3.63, 3.8) is 0 Å². The highest BCUT2D eigenvalue weighted by Crippen LogP contribution is 2.66. The zero-order chi connectivity index (χ0) is 48.0. The van der Waals surface area contributed by atoms with Gasteiger partial charge in [-0.05, 0) is 130 Å². The molecule has 0 N–H and O–H groups in total. The second-order valence-corrected chi connectivity index (χ2v) is 22.0. The van der Waals surface area contributed by atoms with E-state index in [1.165, 1.54) is 117 Å². The standard InChI is InChI=1S/C70H55N/c1-67(2)56-31-19-16-28-50(56)52-37-35-48(41-60(52)67)71(49-36-38-53-51-29-17-20-32-57(51)68(3,4)61(53)42-49)66-64-54-30-18-21-33-59(54)70(46-24-12-8-13-25-46,47-26-14-9-15-27-47)63(64)43-62-65(66)55-40-45(44-22-10-7-11-23-44)34-39-58(55)69(62,5)6/h7-43H,1-6H3. The lowest BCUT2D eigenvalue weighted by molar-refractivity contribution is 0.656. The van der Waals surface area contributed by atoms with E-state index in [-0.39, 0.29) is 16.2 Å². The summed E-state index contributed by atoms with van der Waals surface area (Å²) in [6, 6.07) is 85.6. The Hall–Kier alpha value is -8.00. The Labute approximate surface area is 418 Å². The third kappa shape index (κ3) is 5.58. The van der Waals surface area contributed by atoms with Crippen LogP contribution in [0, 0.1) is 0 Å². The molecule has 0 fully saturated rings. The number of hydrogen-bond donors (Lipinski definition) is 0. The molecule has 10 aromatic carbocycles. The Bertz CT molecular complexity index is 3690. The Kier molecular flexibility index (Phi) is 8.72. The van der Waals surface area contributed by atoms with Gasteiger partial charge in [0.05, 0.1) is 11.1 Å². The molecule has 10 aromatic rings. The molecule has 0 bridgehead atoms. The average molecular weight is 910 g/mol. The molecule has 4 aliphatic carbocycles. The Balaban J connectivity index is 1.16. The number of nitrogens with zero attached hydrogens (tertiary/aromatic N) is 1. The summed E-state index contributed by atoms with van der Waals surface area (Å²) < 4.78 is 0. The maximum atomic E-state index is 2.69. The van der Waals surface area contributed by atoms with Gasteiger partial charge in [0.25, 0.3) is 0 Å². The van der Waals surface area contributed by atoms with Crippen molar-refractivity contribution < 1.29 is 0 Å². The normalized spacial score (nSPS) is 15.9. The van der Waals surface area contributed by atoms with Crippen molar-refractivity contribution >= 4 is 17.1 Å². The minimum Gasteiger partial charge on any atom is -0.309 e. The van der Waals surface area contributed by atoms with Gasteiger partial charge in [-0.1, -0.05) is 236 Å². The fourth-order valence-electron chi connectivity index (χ4n) is 13.9. The fraction of sp³-hybridized carbons (Fsp3) is 0.143. The van der Waals surface area contributed by atoms with E-state index in [1.54, 1.807) is 0 Å². The Morgan fingerprint density at radius 1 is 0.268 bits per heavy atom. The first-order valence-corrected chi connectivity index (χ1v) is 25.4. The second kappa shape index (κ2) is 14.8. The first-order valence-electron chi connectivity index (χ1n) is 25.4. The molecule has 4 aliphatic rings. The molecule has 0 heterocycles. The summed E-state index contributed by atoms with van der Waals surface area (Å²) in [5.74, 6) is 0. The molecule has 14 rings (SSSR count). The van der Waals surface area contributed by atoms with Crippen LogP contribution >= 0.6 is 0 Å². The van der Waals surface area contributed by atoms with E-state index in [1.807, 2.05) is 0 Å². The van der Waals surface area contributed by atoms with Gasteiger partial charge in [0.15, 0.2) is 0 Å². The zero-order valence-electron chi connectivity index (χ0n) is 41.3. The molecule has 0 atom stereocenters. The molecule has 0 unspecified atom stereocenters. The fourth-order valence-corrected chi connectivity index (χ4v) is 13.9. The lowest BCUT2D eigenvalue weighted by Gasteiger charge is -2.37. The summed E-state index contributed by atoms with van der Waals surface area (Å²) in [5.41, 5.74) is 28.5. The second-order valence-electron chi connectivity index (χ2n) is 22.0. The van der Waals surface area contributed by atoms with Crippen LogP contribution < -0.4 is 4.90 Å². The summed E-state index contributed by atoms with van der Waals surface area (Å²) in [4.78, 5) is 2.69. The van der Waals surface area contributed by atoms with Crippen molar-refractivity contribution in [2.75, 3.05) is 4.90 Å². The van der Waals surface area contributed by atoms with Crippen LogP contribution in [0.1, 0.15) is 97.2 Å². The molecule has 0 amide bonds. The third-order valence-electron chi connectivity index (χ3n) is 17.3. The lowest BCUT2D eigenvalue weighted by atomic mass is 9.66. The molecule has 0 radical (unpaired) electrons. The highest BCUT2D eigenvalue weighted by atomic mass is 15.2. The Morgan fingerprint density at radius 3 is 1.24 bits per heavy atom. The summed E-state index contributed by atoms with van der Waals surface area (Å²) >= 11 is 0. The highest BCUT2D eigenvalue weighted by Gasteiger charge is 2.51. The highest BCUT2D eigenvalue weighted by molar-refractivity contribution is 6.08. The number of hydrogen-bond acceptors (Lipinski definition) is 1. The quantitative estimate of drug-likeness (QED) is 0.161. The number of rotatable bonds is 6. The first kappa shape index (κ1) is 41.9. The van der Waals surface area contributed by atoms with Crippen molar-refractivity contribution in [1.82, 2.24) is 0 Å². The van der Waals surface area contributed by atoms with Crippen LogP contribution in [-0.4, -0.2) is 0 Å². The van der Waals surface area contributed by atoms with Gasteiger partial charge >= 0.3 is 0 Å². The molecule has 0 aromatic heterocycles. The number of anilines is 3. The van der Waals surface area contributed by atoms with Gasteiger partial charge < -0.3 is 4.90 Å². The van der Waals surface area contributed by atoms with Crippen LogP contribution in [0.4, 0.5) is 17.1 Å². The van der Waals surface area contributed by atoms with Gasteiger partial charge in [0.2, 0.25) is 0 Å². The molecule has 0 saturated carbocycles. The minimum atomic E-state index is -0.604. The van der Waals surface area contributed by atoms with Crippen molar-refractivity contribution in [1.29, 1.82) is 0 Å². The summed E-state index contributed by atoms with van der Waals surface area (Å²) in [7, 11) is 0. The molecule has 71 heavy (non-hydrogen) atoms. The van der Waals surface area contributed by atoms with Gasteiger partial charge in [-0.2, -0.15) is 0 Å². The van der Waals surface area contributed by atoms with Gasteiger partial charge in [-0.25, -0.2) is 0 Å². The lowest BCUT2D eigenvalue weighted by Crippen LogP contribution is -2.29. The minimum absolute atomic E-state index is 0.197. The SMILES string of the molecule is CC1(C)c2ccccc2-c2ccc(N(c3ccc4c(c3)C(C)(C)c3ccccc3-4)c3c4c(cc5c3-c3ccccc3C5(c3ccccc3)c3ccccc3)C(C)(C)c3ccc(-c5ccccc5)cc3-4)cc21. The first-order chi connectivity index (χ1) is 34.5. The zero-order valence-corrected chi connectivity index (χ0v) is 41.3. The van der Waals surface area contributed by atoms with Crippen LogP contribution in [0.3, 0.4) is 0 Å². The van der Waals surface area contributed by atoms with Crippen molar-refractivity contribution in [3.8, 4) is 55.6 Å². The molecule has 340 valence electrons. The van der Waals surface area contributed by atoms with Crippen molar-refractivity contribution in [2.45, 2.75) is 63.2 Å². The summed E-state index contributed by atoms with van der Waals surface area (Å²) in [5, 5.41) is 0. The topological polar surface area (TPSA) is 3.24 Å². The van der Waals surface area contributed by atoms with Crippen LogP contribution in [0.5, 0.6) is 0 Å². The molecule has 0 aliphatic heterocycles. The van der Waals surface area contributed by atoms with Gasteiger partial charge in [0, 0.05) is 38.7 Å². The molecular weight excluding hydrogens is 855 g/mol. The molecule has 1 heteroatoms. The van der Waals surface area contributed by atoms with E-state index >= 15 is 0 Å². The monoisotopic (exact) mass is 909 g/mol. The van der Waals surface area contributed by atoms with Crippen molar-refractivity contribution in [3.05, 3.63) is 280 Å².